The number of benzene rings is 3. The van der Waals surface area contributed by atoms with E-state index in [2.05, 4.69) is 5.32 Å². The number of amides is 1. The van der Waals surface area contributed by atoms with Crippen LogP contribution in [0.2, 0.25) is 0 Å². The molecular formula is C26H20F4N2O4S. The van der Waals surface area contributed by atoms with Gasteiger partial charge in [0.15, 0.2) is 22.5 Å². The summed E-state index contributed by atoms with van der Waals surface area (Å²) in [6.45, 7) is 1.74. The number of methoxy groups -OCH3 is 1. The van der Waals surface area contributed by atoms with Gasteiger partial charge in [-0.15, -0.1) is 0 Å². The van der Waals surface area contributed by atoms with Gasteiger partial charge in [0, 0.05) is 11.6 Å². The maximum atomic E-state index is 14.0. The van der Waals surface area contributed by atoms with E-state index in [-0.39, 0.29) is 22.6 Å². The van der Waals surface area contributed by atoms with E-state index in [4.69, 9.17) is 26.4 Å². The molecule has 0 bridgehead atoms. The lowest BCUT2D eigenvalue weighted by atomic mass is 10.1. The first kappa shape index (κ1) is 26.0. The van der Waals surface area contributed by atoms with Gasteiger partial charge in [-0.2, -0.15) is 8.78 Å². The first-order valence-electron chi connectivity index (χ1n) is 11.0. The number of nitrogens with one attached hydrogen (secondary N) is 1. The number of anilines is 1. The number of rotatable bonds is 8. The van der Waals surface area contributed by atoms with Gasteiger partial charge in [0.25, 0.3) is 5.91 Å². The minimum atomic E-state index is -1.65. The second-order valence-corrected chi connectivity index (χ2v) is 8.07. The number of thiocarbonyl (C=S) groups is 1. The second kappa shape index (κ2) is 10.9. The number of ether oxygens (including phenoxy) is 3. The van der Waals surface area contributed by atoms with Gasteiger partial charge in [0.1, 0.15) is 23.8 Å². The highest BCUT2D eigenvalue weighted by molar-refractivity contribution is 7.80. The van der Waals surface area contributed by atoms with Crippen LogP contribution in [-0.4, -0.2) is 24.7 Å². The number of carbonyl (C=O) groups excluding carboxylic acids is 1. The van der Waals surface area contributed by atoms with Crippen molar-refractivity contribution in [3.05, 3.63) is 88.6 Å². The molecule has 0 radical (unpaired) electrons. The first-order chi connectivity index (χ1) is 17.7. The topological polar surface area (TPSA) is 60.0 Å². The molecule has 1 N–H and O–H groups in total. The maximum absolute atomic E-state index is 14.0. The molecule has 1 fully saturated rings. The molecule has 0 aromatic heterocycles. The van der Waals surface area contributed by atoms with Crippen LogP contribution in [0, 0.1) is 23.3 Å². The Morgan fingerprint density at radius 3 is 2.35 bits per heavy atom. The fourth-order valence-corrected chi connectivity index (χ4v) is 3.96. The van der Waals surface area contributed by atoms with Crippen molar-refractivity contribution in [3.8, 4) is 17.2 Å². The van der Waals surface area contributed by atoms with Crippen LogP contribution in [0.5, 0.6) is 17.2 Å². The second-order valence-electron chi connectivity index (χ2n) is 7.69. The van der Waals surface area contributed by atoms with Crippen LogP contribution >= 0.6 is 12.2 Å². The molecule has 37 heavy (non-hydrogen) atoms. The van der Waals surface area contributed by atoms with Crippen LogP contribution in [-0.2, 0) is 11.4 Å². The van der Waals surface area contributed by atoms with Crippen LogP contribution in [0.25, 0.3) is 6.08 Å². The van der Waals surface area contributed by atoms with Crippen molar-refractivity contribution in [1.82, 2.24) is 5.32 Å². The molecule has 1 heterocycles. The van der Waals surface area contributed by atoms with Crippen molar-refractivity contribution in [2.45, 2.75) is 13.5 Å². The normalized spacial score (nSPS) is 14.2. The molecule has 1 aliphatic heterocycles. The van der Waals surface area contributed by atoms with Gasteiger partial charge in [0.2, 0.25) is 11.6 Å². The van der Waals surface area contributed by atoms with Gasteiger partial charge in [-0.3, -0.25) is 4.79 Å². The van der Waals surface area contributed by atoms with E-state index in [1.165, 1.54) is 24.2 Å². The quantitative estimate of drug-likeness (QED) is 0.179. The Labute approximate surface area is 215 Å². The van der Waals surface area contributed by atoms with Crippen LogP contribution in [0.3, 0.4) is 0 Å². The molecule has 0 saturated carbocycles. The van der Waals surface area contributed by atoms with Crippen molar-refractivity contribution in [3.63, 3.8) is 0 Å². The van der Waals surface area contributed by atoms with Crippen LogP contribution < -0.4 is 24.4 Å². The molecule has 3 aromatic carbocycles. The Hall–Kier alpha value is -4.12. The van der Waals surface area contributed by atoms with Gasteiger partial charge in [-0.1, -0.05) is 18.2 Å². The monoisotopic (exact) mass is 532 g/mol. The zero-order valence-electron chi connectivity index (χ0n) is 19.6. The molecule has 0 atom stereocenters. The average Bonchev–Trinajstić information content (AvgIpc) is 3.15. The van der Waals surface area contributed by atoms with Crippen molar-refractivity contribution < 1.29 is 36.6 Å². The summed E-state index contributed by atoms with van der Waals surface area (Å²) >= 11 is 5.37. The van der Waals surface area contributed by atoms with Crippen LogP contribution in [0.15, 0.2) is 54.2 Å². The minimum absolute atomic E-state index is 0.0943. The summed E-state index contributed by atoms with van der Waals surface area (Å²) in [6, 6.07) is 11.8. The molecule has 6 nitrogen and oxygen atoms in total. The summed E-state index contributed by atoms with van der Waals surface area (Å²) < 4.78 is 71.0. The lowest BCUT2D eigenvalue weighted by Crippen LogP contribution is -2.30. The highest BCUT2D eigenvalue weighted by Crippen LogP contribution is 2.33. The first-order valence-corrected chi connectivity index (χ1v) is 11.4. The predicted molar refractivity (Wildman–Crippen MR) is 132 cm³/mol. The number of nitrogens with zero attached hydrogens (tertiary/aromatic N) is 1. The van der Waals surface area contributed by atoms with Gasteiger partial charge in [-0.25, -0.2) is 13.7 Å². The number of hydrogen-bond donors (Lipinski definition) is 1. The van der Waals surface area contributed by atoms with Gasteiger partial charge in [-0.05, 0) is 55.0 Å². The Morgan fingerprint density at radius 1 is 0.973 bits per heavy atom. The van der Waals surface area contributed by atoms with Crippen LogP contribution in [0.1, 0.15) is 18.1 Å². The minimum Gasteiger partial charge on any atom is -0.496 e. The summed E-state index contributed by atoms with van der Waals surface area (Å²) in [5, 5.41) is 3.02. The predicted octanol–water partition coefficient (Wildman–Crippen LogP) is 5.49. The smallest absolute Gasteiger partial charge is 0.281 e. The van der Waals surface area contributed by atoms with Crippen molar-refractivity contribution in [1.29, 1.82) is 0 Å². The third-order valence-corrected chi connectivity index (χ3v) is 5.63. The Morgan fingerprint density at radius 2 is 1.68 bits per heavy atom. The Kier molecular flexibility index (Phi) is 7.63. The summed E-state index contributed by atoms with van der Waals surface area (Å²) in [4.78, 5) is 14.5. The number of hydrogen-bond acceptors (Lipinski definition) is 5. The lowest BCUT2D eigenvalue weighted by Gasteiger charge is -2.18. The molecule has 1 aliphatic rings. The molecular weight excluding hydrogens is 512 g/mol. The molecule has 0 aliphatic carbocycles. The maximum Gasteiger partial charge on any atom is 0.281 e. The van der Waals surface area contributed by atoms with Crippen molar-refractivity contribution in [2.24, 2.45) is 0 Å². The number of carbonyl (C=O) groups is 1. The SMILES string of the molecule is CCOc1ccccc1N1C(=O)/C(=C\c2ccc(OC)c(COc3c(F)c(F)cc(F)c3F)c2)NC1=S. The fourth-order valence-electron chi connectivity index (χ4n) is 3.67. The highest BCUT2D eigenvalue weighted by atomic mass is 32.1. The van der Waals surface area contributed by atoms with Gasteiger partial charge >= 0.3 is 0 Å². The summed E-state index contributed by atoms with van der Waals surface area (Å²) in [5.74, 6) is -7.33. The van der Waals surface area contributed by atoms with Crippen molar-refractivity contribution in [2.75, 3.05) is 18.6 Å². The van der Waals surface area contributed by atoms with E-state index in [1.807, 2.05) is 6.92 Å². The molecule has 11 heteroatoms. The van der Waals surface area contributed by atoms with Gasteiger partial charge < -0.3 is 19.5 Å². The van der Waals surface area contributed by atoms with E-state index >= 15 is 0 Å². The highest BCUT2D eigenvalue weighted by Gasteiger charge is 2.33. The van der Waals surface area contributed by atoms with Crippen LogP contribution in [0.4, 0.5) is 23.2 Å². The standard InChI is InChI=1S/C26H20F4N2O4S/c1-3-35-21-7-5-4-6-19(21)32-25(33)18(31-26(32)37)11-14-8-9-20(34-2)15(10-14)13-36-24-22(29)16(27)12-17(28)23(24)30/h4-12H,3,13H2,1-2H3,(H,31,37)/b18-11+. The van der Waals surface area contributed by atoms with Crippen molar-refractivity contribution >= 4 is 35.0 Å². The molecule has 4 rings (SSSR count). The largest absolute Gasteiger partial charge is 0.496 e. The molecule has 0 spiro atoms. The Balaban J connectivity index is 1.62. The van der Waals surface area contributed by atoms with E-state index < -0.39 is 41.5 Å². The van der Waals surface area contributed by atoms with E-state index in [1.54, 1.807) is 36.4 Å². The average molecular weight is 533 g/mol. The zero-order valence-corrected chi connectivity index (χ0v) is 20.4. The summed E-state index contributed by atoms with van der Waals surface area (Å²) in [5.41, 5.74) is 1.43. The lowest BCUT2D eigenvalue weighted by molar-refractivity contribution is -0.113. The zero-order chi connectivity index (χ0) is 26.7. The van der Waals surface area contributed by atoms with E-state index in [0.29, 0.717) is 29.2 Å². The van der Waals surface area contributed by atoms with E-state index in [0.717, 1.165) is 0 Å². The Bertz CT molecular complexity index is 1390. The summed E-state index contributed by atoms with van der Waals surface area (Å²) in [7, 11) is 1.37. The third-order valence-electron chi connectivity index (χ3n) is 5.34. The number of halogens is 4. The van der Waals surface area contributed by atoms with Gasteiger partial charge in [0.05, 0.1) is 19.4 Å². The number of para-hydroxylation sites is 2. The molecule has 3 aromatic rings. The third kappa shape index (κ3) is 5.21. The summed E-state index contributed by atoms with van der Waals surface area (Å²) in [6.07, 6.45) is 1.52. The molecule has 192 valence electrons. The van der Waals surface area contributed by atoms with E-state index in [9.17, 15) is 22.4 Å². The fraction of sp³-hybridized carbons (Fsp3) is 0.154. The molecule has 0 unspecified atom stereocenters. The molecule has 1 amide bonds. The molecule has 1 saturated heterocycles.